The lowest BCUT2D eigenvalue weighted by Crippen LogP contribution is -2.62. The molecule has 2 atom stereocenters. The van der Waals surface area contributed by atoms with E-state index in [0.29, 0.717) is 0 Å². The zero-order valence-electron chi connectivity index (χ0n) is 10.3. The van der Waals surface area contributed by atoms with Crippen molar-refractivity contribution in [3.05, 3.63) is 22.9 Å². The summed E-state index contributed by atoms with van der Waals surface area (Å²) in [5, 5.41) is 0. The van der Waals surface area contributed by atoms with Gasteiger partial charge in [0, 0.05) is 28.5 Å². The number of ether oxygens (including phenoxy) is 1. The van der Waals surface area contributed by atoms with Crippen LogP contribution in [0.25, 0.3) is 0 Å². The Morgan fingerprint density at radius 2 is 2.18 bits per heavy atom. The molecule has 17 heavy (non-hydrogen) atoms. The summed E-state index contributed by atoms with van der Waals surface area (Å²) < 4.78 is 6.97. The first-order valence-electron chi connectivity index (χ1n) is 6.15. The molecule has 0 spiro atoms. The molecule has 1 saturated carbocycles. The molecule has 94 valence electrons. The van der Waals surface area contributed by atoms with E-state index in [9.17, 15) is 0 Å². The maximum Gasteiger partial charge on any atom is 0.139 e. The average molecular weight is 299 g/mol. The van der Waals surface area contributed by atoms with E-state index in [0.717, 1.165) is 29.5 Å². The lowest BCUT2D eigenvalue weighted by atomic mass is 9.59. The molecule has 4 heteroatoms. The topological polar surface area (TPSA) is 48.1 Å². The van der Waals surface area contributed by atoms with Gasteiger partial charge in [-0.15, -0.1) is 0 Å². The van der Waals surface area contributed by atoms with Crippen molar-refractivity contribution in [3.8, 4) is 5.75 Å². The molecule has 0 saturated heterocycles. The largest absolute Gasteiger partial charge is 0.488 e. The van der Waals surface area contributed by atoms with Gasteiger partial charge in [-0.25, -0.2) is 0 Å². The maximum absolute atomic E-state index is 6.15. The molecule has 1 fully saturated rings. The maximum atomic E-state index is 6.15. The van der Waals surface area contributed by atoms with Crippen molar-refractivity contribution in [1.29, 1.82) is 0 Å². The van der Waals surface area contributed by atoms with E-state index in [4.69, 9.17) is 10.5 Å². The number of hydrogen-bond acceptors (Lipinski definition) is 3. The fourth-order valence-corrected chi connectivity index (χ4v) is 3.14. The normalized spacial score (nSPS) is 26.4. The molecule has 0 radical (unpaired) electrons. The third kappa shape index (κ3) is 2.20. The molecule has 0 amide bonds. The molecule has 0 aliphatic heterocycles. The van der Waals surface area contributed by atoms with Gasteiger partial charge in [-0.1, -0.05) is 13.8 Å². The molecule has 3 nitrogen and oxygen atoms in total. The third-order valence-corrected chi connectivity index (χ3v) is 4.56. The van der Waals surface area contributed by atoms with Crippen LogP contribution in [0.5, 0.6) is 5.75 Å². The van der Waals surface area contributed by atoms with Crippen molar-refractivity contribution in [2.75, 3.05) is 0 Å². The predicted molar refractivity (Wildman–Crippen MR) is 72.0 cm³/mol. The first-order valence-corrected chi connectivity index (χ1v) is 6.94. The van der Waals surface area contributed by atoms with Crippen LogP contribution in [-0.4, -0.2) is 17.1 Å². The summed E-state index contributed by atoms with van der Waals surface area (Å²) in [5.41, 5.74) is 6.29. The molecule has 2 rings (SSSR count). The molecule has 1 aromatic heterocycles. The lowest BCUT2D eigenvalue weighted by molar-refractivity contribution is -0.0724. The van der Waals surface area contributed by atoms with Gasteiger partial charge in [0.1, 0.15) is 11.9 Å². The molecular formula is C13H19BrN2O. The van der Waals surface area contributed by atoms with Crippen LogP contribution >= 0.6 is 15.9 Å². The summed E-state index contributed by atoms with van der Waals surface area (Å²) in [6, 6.07) is 2.22. The number of nitrogens with two attached hydrogens (primary N) is 1. The minimum absolute atomic E-state index is 0.141. The average Bonchev–Trinajstić information content (AvgIpc) is 2.30. The summed E-state index contributed by atoms with van der Waals surface area (Å²) in [4.78, 5) is 4.11. The number of pyridine rings is 1. The summed E-state index contributed by atoms with van der Waals surface area (Å²) in [6.45, 7) is 4.38. The Balaban J connectivity index is 2.10. The van der Waals surface area contributed by atoms with Gasteiger partial charge in [-0.05, 0) is 34.8 Å². The van der Waals surface area contributed by atoms with E-state index < -0.39 is 0 Å². The van der Waals surface area contributed by atoms with Gasteiger partial charge < -0.3 is 10.5 Å². The Kier molecular flexibility index (Phi) is 3.73. The standard InChI is InChI=1S/C13H19BrN2O/c1-3-13(4-2)11(15)6-12(13)17-10-5-9(14)7-16-8-10/h5,7-8,11-12H,3-4,6,15H2,1-2H3. The van der Waals surface area contributed by atoms with E-state index in [1.54, 1.807) is 12.4 Å². The minimum Gasteiger partial charge on any atom is -0.488 e. The number of halogens is 1. The second-order valence-corrected chi connectivity index (χ2v) is 5.64. The molecule has 1 aliphatic carbocycles. The van der Waals surface area contributed by atoms with E-state index >= 15 is 0 Å². The number of rotatable bonds is 4. The highest BCUT2D eigenvalue weighted by Gasteiger charge is 2.52. The summed E-state index contributed by atoms with van der Waals surface area (Å²) in [6.07, 6.45) is 6.81. The van der Waals surface area contributed by atoms with Gasteiger partial charge in [0.05, 0.1) is 6.20 Å². The van der Waals surface area contributed by atoms with E-state index in [1.807, 2.05) is 6.07 Å². The van der Waals surface area contributed by atoms with Crippen LogP contribution in [0.15, 0.2) is 22.9 Å². The highest BCUT2D eigenvalue weighted by atomic mass is 79.9. The summed E-state index contributed by atoms with van der Waals surface area (Å²) in [7, 11) is 0. The smallest absolute Gasteiger partial charge is 0.139 e. The van der Waals surface area contributed by atoms with Crippen molar-refractivity contribution in [1.82, 2.24) is 4.98 Å². The van der Waals surface area contributed by atoms with Gasteiger partial charge in [0.15, 0.2) is 0 Å². The fourth-order valence-electron chi connectivity index (χ4n) is 2.79. The minimum atomic E-state index is 0.141. The van der Waals surface area contributed by atoms with Crippen LogP contribution in [0.2, 0.25) is 0 Å². The second kappa shape index (κ2) is 4.94. The first kappa shape index (κ1) is 12.8. The van der Waals surface area contributed by atoms with Gasteiger partial charge in [0.25, 0.3) is 0 Å². The van der Waals surface area contributed by atoms with Crippen LogP contribution in [-0.2, 0) is 0 Å². The molecular weight excluding hydrogens is 280 g/mol. The Morgan fingerprint density at radius 1 is 1.47 bits per heavy atom. The highest BCUT2D eigenvalue weighted by Crippen LogP contribution is 2.47. The van der Waals surface area contributed by atoms with E-state index in [2.05, 4.69) is 34.8 Å². The van der Waals surface area contributed by atoms with Gasteiger partial charge >= 0.3 is 0 Å². The molecule has 0 aromatic carbocycles. The molecule has 1 aromatic rings. The third-order valence-electron chi connectivity index (χ3n) is 4.12. The summed E-state index contributed by atoms with van der Waals surface area (Å²) in [5.74, 6) is 0.822. The Hall–Kier alpha value is -0.610. The van der Waals surface area contributed by atoms with Crippen molar-refractivity contribution >= 4 is 15.9 Å². The van der Waals surface area contributed by atoms with Crippen molar-refractivity contribution in [2.45, 2.75) is 45.3 Å². The van der Waals surface area contributed by atoms with Gasteiger partial charge in [-0.3, -0.25) is 4.98 Å². The Bertz CT molecular complexity index is 393. The van der Waals surface area contributed by atoms with Gasteiger partial charge in [0.2, 0.25) is 0 Å². The molecule has 2 N–H and O–H groups in total. The lowest BCUT2D eigenvalue weighted by Gasteiger charge is -2.53. The first-order chi connectivity index (χ1) is 8.12. The molecule has 1 heterocycles. The van der Waals surface area contributed by atoms with Crippen LogP contribution in [0.4, 0.5) is 0 Å². The summed E-state index contributed by atoms with van der Waals surface area (Å²) >= 11 is 3.40. The quantitative estimate of drug-likeness (QED) is 0.929. The van der Waals surface area contributed by atoms with Crippen molar-refractivity contribution < 1.29 is 4.74 Å². The zero-order valence-corrected chi connectivity index (χ0v) is 11.9. The Morgan fingerprint density at radius 3 is 2.71 bits per heavy atom. The zero-order chi connectivity index (χ0) is 12.5. The van der Waals surface area contributed by atoms with Crippen molar-refractivity contribution in [2.24, 2.45) is 11.1 Å². The van der Waals surface area contributed by atoms with Gasteiger partial charge in [-0.2, -0.15) is 0 Å². The second-order valence-electron chi connectivity index (χ2n) is 4.73. The Labute approximate surface area is 111 Å². The number of hydrogen-bond donors (Lipinski definition) is 1. The molecule has 2 unspecified atom stereocenters. The fraction of sp³-hybridized carbons (Fsp3) is 0.615. The SMILES string of the molecule is CCC1(CC)C(N)CC1Oc1cncc(Br)c1. The van der Waals surface area contributed by atoms with Crippen molar-refractivity contribution in [3.63, 3.8) is 0 Å². The van der Waals surface area contributed by atoms with E-state index in [-0.39, 0.29) is 17.6 Å². The number of nitrogens with zero attached hydrogens (tertiary/aromatic N) is 1. The van der Waals surface area contributed by atoms with Crippen LogP contribution < -0.4 is 10.5 Å². The highest BCUT2D eigenvalue weighted by molar-refractivity contribution is 9.10. The predicted octanol–water partition coefficient (Wildman–Crippen LogP) is 3.13. The van der Waals surface area contributed by atoms with Crippen LogP contribution in [0.1, 0.15) is 33.1 Å². The molecule has 0 bridgehead atoms. The van der Waals surface area contributed by atoms with E-state index in [1.165, 1.54) is 0 Å². The monoisotopic (exact) mass is 298 g/mol. The number of aromatic nitrogens is 1. The van der Waals surface area contributed by atoms with Crippen LogP contribution in [0, 0.1) is 5.41 Å². The molecule has 1 aliphatic rings. The van der Waals surface area contributed by atoms with Crippen LogP contribution in [0.3, 0.4) is 0 Å².